The molecule has 5 heteroatoms. The Labute approximate surface area is 95.7 Å². The zero-order valence-corrected chi connectivity index (χ0v) is 9.70. The first-order valence-corrected chi connectivity index (χ1v) is 5.90. The molecule has 1 spiro atoms. The van der Waals surface area contributed by atoms with Crippen LogP contribution in [0.3, 0.4) is 0 Å². The van der Waals surface area contributed by atoms with E-state index in [0.717, 1.165) is 25.7 Å². The first-order valence-electron chi connectivity index (χ1n) is 5.90. The highest BCUT2D eigenvalue weighted by atomic mass is 16.7. The van der Waals surface area contributed by atoms with Gasteiger partial charge in [-0.3, -0.25) is 4.79 Å². The van der Waals surface area contributed by atoms with Crippen LogP contribution in [0, 0.1) is 0 Å². The van der Waals surface area contributed by atoms with Gasteiger partial charge in [-0.15, -0.1) is 0 Å². The summed E-state index contributed by atoms with van der Waals surface area (Å²) < 4.78 is 11.4. The van der Waals surface area contributed by atoms with E-state index in [1.807, 2.05) is 0 Å². The van der Waals surface area contributed by atoms with Crippen LogP contribution in [0.5, 0.6) is 0 Å². The van der Waals surface area contributed by atoms with Crippen molar-refractivity contribution in [3.63, 3.8) is 0 Å². The Morgan fingerprint density at radius 1 is 1.31 bits per heavy atom. The zero-order chi connectivity index (χ0) is 11.6. The number of ether oxygens (including phenoxy) is 2. The lowest BCUT2D eigenvalue weighted by molar-refractivity contribution is -0.285. The molecule has 2 fully saturated rings. The van der Waals surface area contributed by atoms with Crippen LogP contribution in [-0.2, 0) is 14.3 Å². The van der Waals surface area contributed by atoms with Crippen LogP contribution in [0.4, 0.5) is 0 Å². The molecule has 0 unspecified atom stereocenters. The molecule has 1 saturated heterocycles. The van der Waals surface area contributed by atoms with Crippen LogP contribution >= 0.6 is 0 Å². The van der Waals surface area contributed by atoms with Gasteiger partial charge in [-0.1, -0.05) is 0 Å². The van der Waals surface area contributed by atoms with E-state index in [0.29, 0.717) is 13.2 Å². The molecule has 16 heavy (non-hydrogen) atoms. The number of rotatable bonds is 1. The second kappa shape index (κ2) is 4.69. The number of hydrogen-bond acceptors (Lipinski definition) is 4. The molecule has 1 aliphatic heterocycles. The lowest BCUT2D eigenvalue weighted by Crippen LogP contribution is -2.52. The van der Waals surface area contributed by atoms with Gasteiger partial charge in [0, 0.05) is 25.8 Å². The Bertz CT molecular complexity index is 252. The van der Waals surface area contributed by atoms with E-state index in [1.165, 1.54) is 0 Å². The molecule has 5 nitrogen and oxygen atoms in total. The van der Waals surface area contributed by atoms with Crippen LogP contribution in [0.1, 0.15) is 32.6 Å². The molecule has 92 valence electrons. The van der Waals surface area contributed by atoms with Gasteiger partial charge < -0.3 is 20.5 Å². The van der Waals surface area contributed by atoms with Gasteiger partial charge in [-0.05, 0) is 12.8 Å². The van der Waals surface area contributed by atoms with Crippen LogP contribution < -0.4 is 11.1 Å². The van der Waals surface area contributed by atoms with Crippen molar-refractivity contribution in [2.75, 3.05) is 13.2 Å². The smallest absolute Gasteiger partial charge is 0.217 e. The van der Waals surface area contributed by atoms with E-state index in [9.17, 15) is 4.79 Å². The summed E-state index contributed by atoms with van der Waals surface area (Å²) in [7, 11) is 0. The lowest BCUT2D eigenvalue weighted by Gasteiger charge is -2.43. The van der Waals surface area contributed by atoms with Crippen molar-refractivity contribution in [3.05, 3.63) is 0 Å². The Hall–Kier alpha value is -0.650. The predicted octanol–water partition coefficient (Wildman–Crippen LogP) is 0.136. The van der Waals surface area contributed by atoms with E-state index in [-0.39, 0.29) is 18.0 Å². The van der Waals surface area contributed by atoms with E-state index < -0.39 is 5.79 Å². The van der Waals surface area contributed by atoms with Crippen LogP contribution in [0.25, 0.3) is 0 Å². The molecule has 3 N–H and O–H groups in total. The van der Waals surface area contributed by atoms with Gasteiger partial charge >= 0.3 is 0 Å². The Morgan fingerprint density at radius 3 is 2.38 bits per heavy atom. The lowest BCUT2D eigenvalue weighted by atomic mass is 9.89. The van der Waals surface area contributed by atoms with Crippen molar-refractivity contribution in [2.45, 2.75) is 50.5 Å². The SMILES string of the molecule is CC(=O)NC1CCC2(CC1)OCC(N)CO2. The summed E-state index contributed by atoms with van der Waals surface area (Å²) in [6, 6.07) is 0.268. The summed E-state index contributed by atoms with van der Waals surface area (Å²) in [6.45, 7) is 2.70. The van der Waals surface area contributed by atoms with Crippen LogP contribution in [-0.4, -0.2) is 37.0 Å². The molecule has 0 aromatic rings. The molecule has 0 aromatic carbocycles. The fourth-order valence-electron chi connectivity index (χ4n) is 2.39. The van der Waals surface area contributed by atoms with Gasteiger partial charge in [0.1, 0.15) is 0 Å². The minimum absolute atomic E-state index is 0.00121. The summed E-state index contributed by atoms with van der Waals surface area (Å²) in [5.74, 6) is -0.390. The van der Waals surface area contributed by atoms with Crippen molar-refractivity contribution in [1.29, 1.82) is 0 Å². The molecule has 1 saturated carbocycles. The van der Waals surface area contributed by atoms with E-state index in [2.05, 4.69) is 5.32 Å². The van der Waals surface area contributed by atoms with E-state index >= 15 is 0 Å². The van der Waals surface area contributed by atoms with Crippen molar-refractivity contribution >= 4 is 5.91 Å². The standard InChI is InChI=1S/C11H20N2O3/c1-8(14)13-10-2-4-11(5-3-10)15-6-9(12)7-16-11/h9-10H,2-7,12H2,1H3,(H,13,14). The largest absolute Gasteiger partial charge is 0.354 e. The fourth-order valence-corrected chi connectivity index (χ4v) is 2.39. The van der Waals surface area contributed by atoms with Gasteiger partial charge in [-0.2, -0.15) is 0 Å². The monoisotopic (exact) mass is 228 g/mol. The summed E-state index contributed by atoms with van der Waals surface area (Å²) in [4.78, 5) is 10.9. The molecular formula is C11H20N2O3. The third kappa shape index (κ3) is 2.72. The topological polar surface area (TPSA) is 73.6 Å². The summed E-state index contributed by atoms with van der Waals surface area (Å²) in [5, 5.41) is 2.94. The highest BCUT2D eigenvalue weighted by Crippen LogP contribution is 2.34. The number of nitrogens with two attached hydrogens (primary N) is 1. The molecule has 0 atom stereocenters. The minimum atomic E-state index is -0.426. The molecule has 2 rings (SSSR count). The van der Waals surface area contributed by atoms with Gasteiger partial charge in [0.15, 0.2) is 5.79 Å². The Morgan fingerprint density at radius 2 is 1.88 bits per heavy atom. The molecular weight excluding hydrogens is 208 g/mol. The highest BCUT2D eigenvalue weighted by molar-refractivity contribution is 5.73. The van der Waals surface area contributed by atoms with Gasteiger partial charge in [0.05, 0.1) is 19.3 Å². The number of nitrogens with one attached hydrogen (secondary N) is 1. The summed E-state index contributed by atoms with van der Waals surface area (Å²) in [5.41, 5.74) is 5.71. The Kier molecular flexibility index (Phi) is 3.47. The molecule has 2 aliphatic rings. The minimum Gasteiger partial charge on any atom is -0.354 e. The molecule has 1 aliphatic carbocycles. The number of hydrogen-bond donors (Lipinski definition) is 2. The molecule has 0 aromatic heterocycles. The van der Waals surface area contributed by atoms with Crippen molar-refractivity contribution < 1.29 is 14.3 Å². The number of carbonyl (C=O) groups is 1. The summed E-state index contributed by atoms with van der Waals surface area (Å²) in [6.07, 6.45) is 3.50. The average Bonchev–Trinajstić information content (AvgIpc) is 2.26. The summed E-state index contributed by atoms with van der Waals surface area (Å²) >= 11 is 0. The first-order chi connectivity index (χ1) is 7.60. The average molecular weight is 228 g/mol. The van der Waals surface area contributed by atoms with Crippen molar-refractivity contribution in [1.82, 2.24) is 5.32 Å². The highest BCUT2D eigenvalue weighted by Gasteiger charge is 2.40. The quantitative estimate of drug-likeness (QED) is 0.669. The van der Waals surface area contributed by atoms with Gasteiger partial charge in [-0.25, -0.2) is 0 Å². The van der Waals surface area contributed by atoms with Crippen LogP contribution in [0.15, 0.2) is 0 Å². The zero-order valence-electron chi connectivity index (χ0n) is 9.70. The van der Waals surface area contributed by atoms with Gasteiger partial charge in [0.2, 0.25) is 5.91 Å². The fraction of sp³-hybridized carbons (Fsp3) is 0.909. The van der Waals surface area contributed by atoms with Crippen molar-refractivity contribution in [3.8, 4) is 0 Å². The van der Waals surface area contributed by atoms with Crippen molar-refractivity contribution in [2.24, 2.45) is 5.73 Å². The number of amides is 1. The maximum atomic E-state index is 10.9. The van der Waals surface area contributed by atoms with Gasteiger partial charge in [0.25, 0.3) is 0 Å². The molecule has 0 bridgehead atoms. The maximum absolute atomic E-state index is 10.9. The maximum Gasteiger partial charge on any atom is 0.217 e. The third-order valence-corrected chi connectivity index (χ3v) is 3.28. The normalized spacial score (nSPS) is 39.6. The van der Waals surface area contributed by atoms with E-state index in [4.69, 9.17) is 15.2 Å². The second-order valence-corrected chi connectivity index (χ2v) is 4.77. The second-order valence-electron chi connectivity index (χ2n) is 4.77. The first kappa shape index (κ1) is 11.8. The molecule has 0 radical (unpaired) electrons. The predicted molar refractivity (Wildman–Crippen MR) is 58.7 cm³/mol. The third-order valence-electron chi connectivity index (χ3n) is 3.28. The molecule has 1 heterocycles. The van der Waals surface area contributed by atoms with Crippen LogP contribution in [0.2, 0.25) is 0 Å². The number of carbonyl (C=O) groups excluding carboxylic acids is 1. The Balaban J connectivity index is 1.82. The molecule has 1 amide bonds. The van der Waals surface area contributed by atoms with E-state index in [1.54, 1.807) is 6.92 Å².